The molecule has 3 heteroatoms. The maximum Gasteiger partial charge on any atom is 0.0673 e. The number of aliphatic hydroxyl groups is 1. The summed E-state index contributed by atoms with van der Waals surface area (Å²) in [4.78, 5) is 0.207. The molecule has 0 aromatic carbocycles. The van der Waals surface area contributed by atoms with Crippen LogP contribution >= 0.6 is 31.9 Å². The van der Waals surface area contributed by atoms with E-state index >= 15 is 0 Å². The van der Waals surface area contributed by atoms with Crippen LogP contribution in [-0.2, 0) is 0 Å². The van der Waals surface area contributed by atoms with Crippen LogP contribution in [0.3, 0.4) is 0 Å². The molecule has 0 rings (SSSR count). The van der Waals surface area contributed by atoms with Crippen LogP contribution in [0.5, 0.6) is 0 Å². The van der Waals surface area contributed by atoms with E-state index in [0.29, 0.717) is 0 Å². The van der Waals surface area contributed by atoms with Crippen LogP contribution in [0.4, 0.5) is 0 Å². The van der Waals surface area contributed by atoms with Gasteiger partial charge in [-0.1, -0.05) is 51.6 Å². The summed E-state index contributed by atoms with van der Waals surface area (Å²) < 4.78 is 0. The Morgan fingerprint density at radius 2 is 2.10 bits per heavy atom. The smallest absolute Gasteiger partial charge is 0.0673 e. The van der Waals surface area contributed by atoms with Crippen molar-refractivity contribution in [1.29, 1.82) is 0 Å². The van der Waals surface area contributed by atoms with E-state index in [2.05, 4.69) is 38.8 Å². The van der Waals surface area contributed by atoms with Crippen molar-refractivity contribution in [2.75, 3.05) is 5.33 Å². The zero-order chi connectivity index (χ0) is 7.98. The number of alkyl halides is 2. The van der Waals surface area contributed by atoms with Crippen LogP contribution in [0.2, 0.25) is 0 Å². The number of unbranched alkanes of at least 4 members (excludes halogenated alkanes) is 1. The third kappa shape index (κ3) is 4.69. The summed E-state index contributed by atoms with van der Waals surface area (Å²) in [6.45, 7) is 2.13. The van der Waals surface area contributed by atoms with Gasteiger partial charge in [-0.25, -0.2) is 0 Å². The molecular formula is C7H14Br2O. The Morgan fingerprint density at radius 3 is 2.50 bits per heavy atom. The van der Waals surface area contributed by atoms with Crippen molar-refractivity contribution in [3.8, 4) is 0 Å². The van der Waals surface area contributed by atoms with Crippen LogP contribution in [-0.4, -0.2) is 21.4 Å². The molecule has 0 saturated heterocycles. The largest absolute Gasteiger partial charge is 0.392 e. The fourth-order valence-electron chi connectivity index (χ4n) is 0.697. The Kier molecular flexibility index (Phi) is 7.23. The fourth-order valence-corrected chi connectivity index (χ4v) is 1.39. The Hall–Kier alpha value is 0.920. The average Bonchev–Trinajstić information content (AvgIpc) is 1.98. The predicted molar refractivity (Wildman–Crippen MR) is 52.0 cm³/mol. The van der Waals surface area contributed by atoms with Gasteiger partial charge in [-0.15, -0.1) is 0 Å². The minimum Gasteiger partial charge on any atom is -0.392 e. The minimum absolute atomic E-state index is 0.195. The molecule has 0 fully saturated rings. The van der Waals surface area contributed by atoms with E-state index in [9.17, 15) is 5.11 Å². The molecule has 1 N–H and O–H groups in total. The van der Waals surface area contributed by atoms with Gasteiger partial charge in [-0.05, 0) is 6.42 Å². The van der Waals surface area contributed by atoms with Crippen molar-refractivity contribution in [3.05, 3.63) is 0 Å². The van der Waals surface area contributed by atoms with Gasteiger partial charge in [0.1, 0.15) is 0 Å². The lowest BCUT2D eigenvalue weighted by Gasteiger charge is -2.13. The maximum atomic E-state index is 9.37. The van der Waals surface area contributed by atoms with Crippen molar-refractivity contribution >= 4 is 31.9 Å². The second-order valence-corrected chi connectivity index (χ2v) is 4.20. The summed E-state index contributed by atoms with van der Waals surface area (Å²) in [7, 11) is 0. The molecule has 0 heterocycles. The molecule has 0 bridgehead atoms. The van der Waals surface area contributed by atoms with Gasteiger partial charge >= 0.3 is 0 Å². The summed E-state index contributed by atoms with van der Waals surface area (Å²) in [5, 5.41) is 10.2. The highest BCUT2D eigenvalue weighted by molar-refractivity contribution is 9.12. The SMILES string of the molecule is CCCCC(O)C(Br)CBr. The van der Waals surface area contributed by atoms with Crippen LogP contribution in [0.1, 0.15) is 26.2 Å². The number of halogens is 2. The highest BCUT2D eigenvalue weighted by atomic mass is 79.9. The lowest BCUT2D eigenvalue weighted by molar-refractivity contribution is 0.166. The third-order valence-corrected chi connectivity index (χ3v) is 3.92. The van der Waals surface area contributed by atoms with Gasteiger partial charge in [0, 0.05) is 5.33 Å². The number of aliphatic hydroxyl groups excluding tert-OH is 1. The molecule has 0 spiro atoms. The molecule has 2 atom stereocenters. The molecule has 0 aromatic rings. The molecule has 0 aromatic heterocycles. The molecular weight excluding hydrogens is 260 g/mol. The van der Waals surface area contributed by atoms with E-state index in [1.54, 1.807) is 0 Å². The van der Waals surface area contributed by atoms with E-state index in [-0.39, 0.29) is 10.9 Å². The monoisotopic (exact) mass is 272 g/mol. The van der Waals surface area contributed by atoms with E-state index in [0.717, 1.165) is 24.6 Å². The predicted octanol–water partition coefficient (Wildman–Crippen LogP) is 2.70. The quantitative estimate of drug-likeness (QED) is 0.764. The maximum absolute atomic E-state index is 9.37. The molecule has 0 aliphatic carbocycles. The Labute approximate surface area is 79.5 Å². The molecule has 0 saturated carbocycles. The Bertz CT molecular complexity index is 78.0. The standard InChI is InChI=1S/C7H14Br2O/c1-2-3-4-7(10)6(9)5-8/h6-7,10H,2-5H2,1H3. The summed E-state index contributed by atoms with van der Waals surface area (Å²) >= 11 is 6.68. The van der Waals surface area contributed by atoms with E-state index < -0.39 is 0 Å². The van der Waals surface area contributed by atoms with Gasteiger partial charge in [0.15, 0.2) is 0 Å². The molecule has 62 valence electrons. The van der Waals surface area contributed by atoms with Crippen LogP contribution < -0.4 is 0 Å². The molecule has 0 aliphatic heterocycles. The van der Waals surface area contributed by atoms with Crippen molar-refractivity contribution in [3.63, 3.8) is 0 Å². The minimum atomic E-state index is -0.195. The van der Waals surface area contributed by atoms with Gasteiger partial charge in [-0.2, -0.15) is 0 Å². The first-order chi connectivity index (χ1) is 4.72. The topological polar surface area (TPSA) is 20.2 Å². The summed E-state index contributed by atoms with van der Waals surface area (Å²) in [5.41, 5.74) is 0. The van der Waals surface area contributed by atoms with Gasteiger partial charge < -0.3 is 5.11 Å². The van der Waals surface area contributed by atoms with E-state index in [1.165, 1.54) is 0 Å². The molecule has 0 radical (unpaired) electrons. The van der Waals surface area contributed by atoms with E-state index in [4.69, 9.17) is 0 Å². The first kappa shape index (κ1) is 10.9. The first-order valence-corrected chi connectivity index (χ1v) is 5.64. The van der Waals surface area contributed by atoms with Crippen molar-refractivity contribution in [2.45, 2.75) is 37.1 Å². The van der Waals surface area contributed by atoms with Crippen LogP contribution in [0, 0.1) is 0 Å². The van der Waals surface area contributed by atoms with Gasteiger partial charge in [0.25, 0.3) is 0 Å². The fraction of sp³-hybridized carbons (Fsp3) is 1.00. The zero-order valence-corrected chi connectivity index (χ0v) is 9.36. The zero-order valence-electron chi connectivity index (χ0n) is 6.19. The highest BCUT2D eigenvalue weighted by Gasteiger charge is 2.12. The van der Waals surface area contributed by atoms with Gasteiger partial charge in [0.2, 0.25) is 0 Å². The molecule has 10 heavy (non-hydrogen) atoms. The second kappa shape index (κ2) is 6.62. The highest BCUT2D eigenvalue weighted by Crippen LogP contribution is 2.13. The van der Waals surface area contributed by atoms with Crippen molar-refractivity contribution in [2.24, 2.45) is 0 Å². The molecule has 1 nitrogen and oxygen atoms in total. The summed E-state index contributed by atoms with van der Waals surface area (Å²) in [6.07, 6.45) is 2.96. The third-order valence-electron chi connectivity index (χ3n) is 1.42. The number of hydrogen-bond donors (Lipinski definition) is 1. The normalized spacial score (nSPS) is 16.8. The Balaban J connectivity index is 3.31. The van der Waals surface area contributed by atoms with Crippen molar-refractivity contribution < 1.29 is 5.11 Å². The number of rotatable bonds is 5. The van der Waals surface area contributed by atoms with E-state index in [1.807, 2.05) is 0 Å². The molecule has 2 unspecified atom stereocenters. The van der Waals surface area contributed by atoms with Crippen LogP contribution in [0.15, 0.2) is 0 Å². The average molecular weight is 274 g/mol. The summed E-state index contributed by atoms with van der Waals surface area (Å²) in [6, 6.07) is 0. The first-order valence-electron chi connectivity index (χ1n) is 3.60. The second-order valence-electron chi connectivity index (χ2n) is 2.38. The Morgan fingerprint density at radius 1 is 1.50 bits per heavy atom. The molecule has 0 amide bonds. The number of hydrogen-bond acceptors (Lipinski definition) is 1. The van der Waals surface area contributed by atoms with Gasteiger partial charge in [0.05, 0.1) is 10.9 Å². The lowest BCUT2D eigenvalue weighted by atomic mass is 10.1. The molecule has 0 aliphatic rings. The van der Waals surface area contributed by atoms with Crippen molar-refractivity contribution in [1.82, 2.24) is 0 Å². The van der Waals surface area contributed by atoms with Gasteiger partial charge in [-0.3, -0.25) is 0 Å². The summed E-state index contributed by atoms with van der Waals surface area (Å²) in [5.74, 6) is 0. The lowest BCUT2D eigenvalue weighted by Crippen LogP contribution is -2.21. The van der Waals surface area contributed by atoms with Crippen LogP contribution in [0.25, 0.3) is 0 Å².